The smallest absolute Gasteiger partial charge is 0.338 e. The molecule has 0 N–H and O–H groups in total. The van der Waals surface area contributed by atoms with Crippen molar-refractivity contribution in [3.05, 3.63) is 58.7 Å². The van der Waals surface area contributed by atoms with Crippen LogP contribution >= 0.6 is 0 Å². The number of sulfonamides is 1. The Labute approximate surface area is 176 Å². The lowest BCUT2D eigenvalue weighted by Gasteiger charge is -2.18. The topological polar surface area (TPSA) is 90.0 Å². The van der Waals surface area contributed by atoms with Gasteiger partial charge in [0.1, 0.15) is 10.6 Å². The van der Waals surface area contributed by atoms with Crippen molar-refractivity contribution in [2.45, 2.75) is 31.6 Å². The van der Waals surface area contributed by atoms with Gasteiger partial charge in [-0.25, -0.2) is 13.2 Å². The third kappa shape index (κ3) is 4.55. The molecular weight excluding hydrogens is 406 g/mol. The van der Waals surface area contributed by atoms with Crippen LogP contribution in [0.15, 0.2) is 41.3 Å². The zero-order valence-corrected chi connectivity index (χ0v) is 18.1. The first kappa shape index (κ1) is 22.0. The van der Waals surface area contributed by atoms with Crippen molar-refractivity contribution < 1.29 is 27.5 Å². The summed E-state index contributed by atoms with van der Waals surface area (Å²) in [6.07, 6.45) is 1.59. The van der Waals surface area contributed by atoms with Gasteiger partial charge in [0.05, 0.1) is 12.7 Å². The molecule has 1 aliphatic heterocycles. The molecule has 7 nitrogen and oxygen atoms in total. The van der Waals surface area contributed by atoms with Gasteiger partial charge >= 0.3 is 5.97 Å². The van der Waals surface area contributed by atoms with Gasteiger partial charge in [-0.05, 0) is 56.5 Å². The number of esters is 1. The standard InChI is InChI=1S/C22H25NO6S/c1-15-6-7-16(2)18(12-15)19(24)14-29-22(25)17-8-9-20(28-3)21(13-17)30(26,27)23-10-4-5-11-23/h6-9,12-13H,4-5,10-11,14H2,1-3H3. The van der Waals surface area contributed by atoms with Gasteiger partial charge in [-0.2, -0.15) is 4.31 Å². The number of methoxy groups -OCH3 is 1. The fourth-order valence-corrected chi connectivity index (χ4v) is 5.10. The van der Waals surface area contributed by atoms with Crippen molar-refractivity contribution in [1.29, 1.82) is 0 Å². The molecule has 0 bridgehead atoms. The van der Waals surface area contributed by atoms with E-state index in [4.69, 9.17) is 9.47 Å². The van der Waals surface area contributed by atoms with Crippen LogP contribution in [-0.4, -0.2) is 51.3 Å². The lowest BCUT2D eigenvalue weighted by atomic mass is 10.0. The van der Waals surface area contributed by atoms with Crippen molar-refractivity contribution in [3.8, 4) is 5.75 Å². The third-order valence-corrected chi connectivity index (χ3v) is 7.03. The minimum absolute atomic E-state index is 0.0438. The van der Waals surface area contributed by atoms with E-state index >= 15 is 0 Å². The second-order valence-electron chi connectivity index (χ2n) is 7.29. The zero-order chi connectivity index (χ0) is 21.9. The van der Waals surface area contributed by atoms with Gasteiger partial charge in [0, 0.05) is 18.7 Å². The van der Waals surface area contributed by atoms with Crippen LogP contribution in [-0.2, 0) is 14.8 Å². The van der Waals surface area contributed by atoms with Crippen LogP contribution in [0, 0.1) is 13.8 Å². The van der Waals surface area contributed by atoms with E-state index in [0.717, 1.165) is 24.0 Å². The number of benzene rings is 2. The van der Waals surface area contributed by atoms with Crippen LogP contribution in [0.4, 0.5) is 0 Å². The first-order valence-electron chi connectivity index (χ1n) is 9.70. The average molecular weight is 432 g/mol. The molecule has 0 saturated carbocycles. The molecule has 0 amide bonds. The van der Waals surface area contributed by atoms with Gasteiger partial charge in [-0.15, -0.1) is 0 Å². The molecule has 2 aromatic rings. The molecule has 160 valence electrons. The molecule has 30 heavy (non-hydrogen) atoms. The van der Waals surface area contributed by atoms with E-state index in [0.29, 0.717) is 18.7 Å². The Morgan fingerprint density at radius 2 is 1.73 bits per heavy atom. The van der Waals surface area contributed by atoms with E-state index in [1.165, 1.54) is 29.6 Å². The Kier molecular flexibility index (Phi) is 6.58. The average Bonchev–Trinajstić information content (AvgIpc) is 3.29. The number of hydrogen-bond acceptors (Lipinski definition) is 6. The summed E-state index contributed by atoms with van der Waals surface area (Å²) >= 11 is 0. The first-order chi connectivity index (χ1) is 14.2. The zero-order valence-electron chi connectivity index (χ0n) is 17.3. The summed E-state index contributed by atoms with van der Waals surface area (Å²) in [6.45, 7) is 4.13. The fraction of sp³-hybridized carbons (Fsp3) is 0.364. The van der Waals surface area contributed by atoms with Crippen LogP contribution in [0.5, 0.6) is 5.75 Å². The number of carbonyl (C=O) groups excluding carboxylic acids is 2. The molecule has 0 spiro atoms. The van der Waals surface area contributed by atoms with Crippen LogP contribution in [0.25, 0.3) is 0 Å². The number of rotatable bonds is 7. The highest BCUT2D eigenvalue weighted by Gasteiger charge is 2.31. The summed E-state index contributed by atoms with van der Waals surface area (Å²) in [6, 6.07) is 9.58. The number of nitrogens with zero attached hydrogens (tertiary/aromatic N) is 1. The number of aryl methyl sites for hydroxylation is 2. The molecule has 1 heterocycles. The summed E-state index contributed by atoms with van der Waals surface area (Å²) < 4.78 is 37.6. The Balaban J connectivity index is 1.79. The predicted molar refractivity (Wildman–Crippen MR) is 112 cm³/mol. The SMILES string of the molecule is COc1ccc(C(=O)OCC(=O)c2cc(C)ccc2C)cc1S(=O)(=O)N1CCCC1. The first-order valence-corrected chi connectivity index (χ1v) is 11.1. The minimum Gasteiger partial charge on any atom is -0.495 e. The summed E-state index contributed by atoms with van der Waals surface area (Å²) in [7, 11) is -2.41. The van der Waals surface area contributed by atoms with Gasteiger partial charge in [-0.3, -0.25) is 4.79 Å². The maximum atomic E-state index is 12.9. The van der Waals surface area contributed by atoms with E-state index in [9.17, 15) is 18.0 Å². The molecule has 1 saturated heterocycles. The molecule has 1 fully saturated rings. The number of hydrogen-bond donors (Lipinski definition) is 0. The summed E-state index contributed by atoms with van der Waals surface area (Å²) in [4.78, 5) is 24.9. The second-order valence-corrected chi connectivity index (χ2v) is 9.20. The lowest BCUT2D eigenvalue weighted by molar-refractivity contribution is 0.0474. The van der Waals surface area contributed by atoms with Gasteiger partial charge in [0.15, 0.2) is 6.61 Å². The van der Waals surface area contributed by atoms with Crippen LogP contribution in [0.2, 0.25) is 0 Å². The number of ether oxygens (including phenoxy) is 2. The highest BCUT2D eigenvalue weighted by Crippen LogP contribution is 2.30. The van der Waals surface area contributed by atoms with Gasteiger partial charge < -0.3 is 9.47 Å². The van der Waals surface area contributed by atoms with Crippen LogP contribution in [0.3, 0.4) is 0 Å². The number of carbonyl (C=O) groups is 2. The Bertz CT molecular complexity index is 1070. The Morgan fingerprint density at radius 1 is 1.03 bits per heavy atom. The van der Waals surface area contributed by atoms with Gasteiger partial charge in [0.2, 0.25) is 15.8 Å². The maximum Gasteiger partial charge on any atom is 0.338 e. The minimum atomic E-state index is -3.79. The van der Waals surface area contributed by atoms with E-state index in [1.54, 1.807) is 6.07 Å². The van der Waals surface area contributed by atoms with Crippen molar-refractivity contribution in [2.75, 3.05) is 26.8 Å². The highest BCUT2D eigenvalue weighted by atomic mass is 32.2. The lowest BCUT2D eigenvalue weighted by Crippen LogP contribution is -2.28. The Hall–Kier alpha value is -2.71. The molecule has 8 heteroatoms. The van der Waals surface area contributed by atoms with Crippen molar-refractivity contribution in [2.24, 2.45) is 0 Å². The predicted octanol–water partition coefficient (Wildman–Crippen LogP) is 3.14. The normalized spacial score (nSPS) is 14.5. The second kappa shape index (κ2) is 8.97. The number of ketones is 1. The molecule has 0 radical (unpaired) electrons. The quantitative estimate of drug-likeness (QED) is 0.494. The van der Waals surface area contributed by atoms with E-state index in [1.807, 2.05) is 26.0 Å². The fourth-order valence-electron chi connectivity index (χ4n) is 3.40. The van der Waals surface area contributed by atoms with Crippen molar-refractivity contribution >= 4 is 21.8 Å². The number of Topliss-reactive ketones (excluding diaryl/α,β-unsaturated/α-hetero) is 1. The molecule has 2 aromatic carbocycles. The highest BCUT2D eigenvalue weighted by molar-refractivity contribution is 7.89. The molecule has 0 aromatic heterocycles. The van der Waals surface area contributed by atoms with Gasteiger partial charge in [-0.1, -0.05) is 17.7 Å². The molecular formula is C22H25NO6S. The van der Waals surface area contributed by atoms with E-state index < -0.39 is 22.6 Å². The largest absolute Gasteiger partial charge is 0.495 e. The summed E-state index contributed by atoms with van der Waals surface area (Å²) in [5, 5.41) is 0. The van der Waals surface area contributed by atoms with Crippen molar-refractivity contribution in [3.63, 3.8) is 0 Å². The molecule has 0 atom stereocenters. The Morgan fingerprint density at radius 3 is 2.40 bits per heavy atom. The monoisotopic (exact) mass is 431 g/mol. The van der Waals surface area contributed by atoms with E-state index in [-0.39, 0.29) is 22.0 Å². The van der Waals surface area contributed by atoms with Crippen LogP contribution < -0.4 is 4.74 Å². The molecule has 0 unspecified atom stereocenters. The third-order valence-electron chi connectivity index (χ3n) is 5.11. The molecule has 0 aliphatic carbocycles. The van der Waals surface area contributed by atoms with E-state index in [2.05, 4.69) is 0 Å². The summed E-state index contributed by atoms with van der Waals surface area (Å²) in [5.41, 5.74) is 2.27. The van der Waals surface area contributed by atoms with Crippen molar-refractivity contribution in [1.82, 2.24) is 4.31 Å². The van der Waals surface area contributed by atoms with Gasteiger partial charge in [0.25, 0.3) is 0 Å². The summed E-state index contributed by atoms with van der Waals surface area (Å²) in [5.74, 6) is -0.929. The van der Waals surface area contributed by atoms with Crippen LogP contribution in [0.1, 0.15) is 44.7 Å². The molecule has 1 aliphatic rings. The molecule has 3 rings (SSSR count). The maximum absolute atomic E-state index is 12.9.